The molecule has 0 N–H and O–H groups in total. The van der Waals surface area contributed by atoms with Crippen molar-refractivity contribution in [1.29, 1.82) is 0 Å². The minimum Gasteiger partial charge on any atom is -0.489 e. The first-order chi connectivity index (χ1) is 9.04. The maximum absolute atomic E-state index is 12.6. The number of ether oxygens (including phenoxy) is 1. The van der Waals surface area contributed by atoms with E-state index in [1.165, 1.54) is 13.3 Å². The van der Waals surface area contributed by atoms with Gasteiger partial charge in [0.25, 0.3) is 5.56 Å². The molecule has 9 heteroatoms. The summed E-state index contributed by atoms with van der Waals surface area (Å²) in [6.07, 6.45) is 3.51. The van der Waals surface area contributed by atoms with E-state index in [4.69, 9.17) is 16.3 Å². The molecule has 0 saturated heterocycles. The lowest BCUT2D eigenvalue weighted by Crippen LogP contribution is -2.24. The molecule has 0 aliphatic heterocycles. The number of hydrogen-bond acceptors (Lipinski definition) is 4. The Kier molecular flexibility index (Phi) is 3.79. The molecule has 0 aliphatic rings. The Morgan fingerprint density at radius 3 is 2.84 bits per heavy atom. The molecule has 19 heavy (non-hydrogen) atoms. The molecule has 0 radical (unpaired) electrons. The van der Waals surface area contributed by atoms with Crippen molar-refractivity contribution in [2.75, 3.05) is 7.11 Å². The highest BCUT2D eigenvalue weighted by Crippen LogP contribution is 2.16. The largest absolute Gasteiger partial charge is 0.489 e. The molecular weight excluding hydrogens is 282 g/mol. The third-order valence-electron chi connectivity index (χ3n) is 2.43. The van der Waals surface area contributed by atoms with E-state index in [1.807, 2.05) is 0 Å². The Hall–Kier alpha value is -1.96. The highest BCUT2D eigenvalue weighted by atomic mass is 35.5. The van der Waals surface area contributed by atoms with Crippen molar-refractivity contribution >= 4 is 11.6 Å². The molecule has 2 aromatic rings. The molecule has 0 saturated carbocycles. The third kappa shape index (κ3) is 2.58. The average molecular weight is 291 g/mol. The molecule has 2 heterocycles. The van der Waals surface area contributed by atoms with Gasteiger partial charge in [0.05, 0.1) is 20.0 Å². The van der Waals surface area contributed by atoms with Gasteiger partial charge in [-0.05, 0) is 0 Å². The van der Waals surface area contributed by atoms with Gasteiger partial charge in [-0.1, -0.05) is 11.6 Å². The smallest absolute Gasteiger partial charge is 0.319 e. The summed E-state index contributed by atoms with van der Waals surface area (Å²) in [4.78, 5) is 19.4. The molecule has 0 spiro atoms. The zero-order chi connectivity index (χ0) is 14.0. The lowest BCUT2D eigenvalue weighted by Gasteiger charge is -2.09. The first-order valence-corrected chi connectivity index (χ1v) is 5.51. The van der Waals surface area contributed by atoms with E-state index < -0.39 is 12.1 Å². The Morgan fingerprint density at radius 2 is 2.21 bits per heavy atom. The molecule has 2 aromatic heterocycles. The second kappa shape index (κ2) is 5.35. The monoisotopic (exact) mass is 290 g/mol. The number of halogens is 3. The van der Waals surface area contributed by atoms with Crippen LogP contribution in [0.25, 0.3) is 0 Å². The van der Waals surface area contributed by atoms with E-state index in [-0.39, 0.29) is 23.3 Å². The number of rotatable bonds is 4. The minimum atomic E-state index is -2.73. The number of alkyl halides is 2. The lowest BCUT2D eigenvalue weighted by molar-refractivity contribution is 0.0666. The van der Waals surface area contributed by atoms with Crippen LogP contribution in [-0.2, 0) is 6.54 Å². The van der Waals surface area contributed by atoms with Gasteiger partial charge >= 0.3 is 6.55 Å². The number of nitrogens with zero attached hydrogens (tertiary/aromatic N) is 4. The Balaban J connectivity index is 2.39. The Bertz CT molecular complexity index is 641. The molecule has 0 atom stereocenters. The second-order valence-corrected chi connectivity index (χ2v) is 3.89. The van der Waals surface area contributed by atoms with Crippen LogP contribution in [0.4, 0.5) is 8.78 Å². The fourth-order valence-corrected chi connectivity index (χ4v) is 1.73. The molecular formula is C10H9ClF2N4O2. The highest BCUT2D eigenvalue weighted by Gasteiger charge is 2.15. The van der Waals surface area contributed by atoms with Gasteiger partial charge in [-0.25, -0.2) is 9.97 Å². The van der Waals surface area contributed by atoms with Crippen LogP contribution < -0.4 is 10.3 Å². The molecule has 6 nitrogen and oxygen atoms in total. The Labute approximate surface area is 111 Å². The van der Waals surface area contributed by atoms with Crippen molar-refractivity contribution in [3.8, 4) is 5.75 Å². The maximum atomic E-state index is 12.6. The fraction of sp³-hybridized carbons (Fsp3) is 0.300. The van der Waals surface area contributed by atoms with Crippen molar-refractivity contribution in [2.45, 2.75) is 13.1 Å². The number of imidazole rings is 1. The van der Waals surface area contributed by atoms with E-state index in [1.54, 1.807) is 0 Å². The summed E-state index contributed by atoms with van der Waals surface area (Å²) in [6.45, 7) is -2.88. The zero-order valence-electron chi connectivity index (χ0n) is 9.76. The first kappa shape index (κ1) is 13.5. The normalized spacial score (nSPS) is 11.0. The van der Waals surface area contributed by atoms with Crippen LogP contribution in [0.1, 0.15) is 12.4 Å². The van der Waals surface area contributed by atoms with Crippen LogP contribution in [0.3, 0.4) is 0 Å². The van der Waals surface area contributed by atoms with Gasteiger partial charge < -0.3 is 4.74 Å². The van der Waals surface area contributed by atoms with Crippen molar-refractivity contribution < 1.29 is 13.5 Å². The summed E-state index contributed by atoms with van der Waals surface area (Å²) in [5.41, 5.74) is -0.564. The number of aromatic nitrogens is 4. The van der Waals surface area contributed by atoms with Crippen molar-refractivity contribution in [2.24, 2.45) is 0 Å². The van der Waals surface area contributed by atoms with Gasteiger partial charge in [0.2, 0.25) is 5.75 Å². The third-order valence-corrected chi connectivity index (χ3v) is 2.70. The van der Waals surface area contributed by atoms with Crippen LogP contribution in [0.15, 0.2) is 23.5 Å². The van der Waals surface area contributed by atoms with Crippen molar-refractivity contribution in [3.63, 3.8) is 0 Å². The van der Waals surface area contributed by atoms with Crippen LogP contribution in [-0.4, -0.2) is 26.2 Å². The molecule has 102 valence electrons. The van der Waals surface area contributed by atoms with Crippen molar-refractivity contribution in [1.82, 2.24) is 19.1 Å². The van der Waals surface area contributed by atoms with Gasteiger partial charge in [0, 0.05) is 12.4 Å². The summed E-state index contributed by atoms with van der Waals surface area (Å²) in [7, 11) is 1.27. The lowest BCUT2D eigenvalue weighted by atomic mass is 10.5. The first-order valence-electron chi connectivity index (χ1n) is 5.13. The summed E-state index contributed by atoms with van der Waals surface area (Å²) in [6, 6.07) is 0. The van der Waals surface area contributed by atoms with E-state index in [9.17, 15) is 13.6 Å². The molecule has 0 fully saturated rings. The van der Waals surface area contributed by atoms with Crippen LogP contribution in [0.2, 0.25) is 5.15 Å². The Morgan fingerprint density at radius 1 is 1.47 bits per heavy atom. The van der Waals surface area contributed by atoms with Gasteiger partial charge in [-0.3, -0.25) is 13.9 Å². The van der Waals surface area contributed by atoms with Crippen molar-refractivity contribution in [3.05, 3.63) is 40.1 Å². The second-order valence-electron chi connectivity index (χ2n) is 3.53. The predicted molar refractivity (Wildman–Crippen MR) is 62.6 cm³/mol. The van der Waals surface area contributed by atoms with Gasteiger partial charge in [0.15, 0.2) is 5.15 Å². The average Bonchev–Trinajstić information content (AvgIpc) is 2.82. The number of methoxy groups -OCH3 is 1. The van der Waals surface area contributed by atoms with Crippen LogP contribution in [0, 0.1) is 0 Å². The summed E-state index contributed by atoms with van der Waals surface area (Å²) in [5.74, 6) is -0.109. The SMILES string of the molecule is COc1c(Cl)ncn(Cc2nccn2C(F)F)c1=O. The molecule has 0 unspecified atom stereocenters. The topological polar surface area (TPSA) is 61.9 Å². The summed E-state index contributed by atoms with van der Waals surface area (Å²) in [5, 5.41) is -0.0825. The van der Waals surface area contributed by atoms with Gasteiger partial charge in [-0.15, -0.1) is 0 Å². The van der Waals surface area contributed by atoms with Crippen LogP contribution in [0.5, 0.6) is 5.75 Å². The van der Waals surface area contributed by atoms with E-state index >= 15 is 0 Å². The van der Waals surface area contributed by atoms with Gasteiger partial charge in [0.1, 0.15) is 5.82 Å². The minimum absolute atomic E-state index is 0.0308. The highest BCUT2D eigenvalue weighted by molar-refractivity contribution is 6.30. The van der Waals surface area contributed by atoms with E-state index in [0.717, 1.165) is 17.1 Å². The standard InChI is InChI=1S/C10H9ClF2N4O2/c1-19-7-8(11)15-5-16(9(7)18)4-6-14-2-3-17(6)10(12)13/h2-3,5,10H,4H2,1H3. The summed E-state index contributed by atoms with van der Waals surface area (Å²) < 4.78 is 31.9. The molecule has 0 aliphatic carbocycles. The van der Waals surface area contributed by atoms with E-state index in [0.29, 0.717) is 4.57 Å². The fourth-order valence-electron chi connectivity index (χ4n) is 1.53. The zero-order valence-corrected chi connectivity index (χ0v) is 10.5. The molecule has 0 aromatic carbocycles. The molecule has 2 rings (SSSR count). The van der Waals surface area contributed by atoms with E-state index in [2.05, 4.69) is 9.97 Å². The van der Waals surface area contributed by atoms with Crippen LogP contribution >= 0.6 is 11.6 Å². The predicted octanol–water partition coefficient (Wildman–Crippen LogP) is 1.55. The van der Waals surface area contributed by atoms with Gasteiger partial charge in [-0.2, -0.15) is 8.78 Å². The number of hydrogen-bond donors (Lipinski definition) is 0. The maximum Gasteiger partial charge on any atom is 0.319 e. The quantitative estimate of drug-likeness (QED) is 0.802. The molecule has 0 amide bonds. The molecule has 0 bridgehead atoms. The summed E-state index contributed by atoms with van der Waals surface area (Å²) >= 11 is 5.67.